The highest BCUT2D eigenvalue weighted by atomic mass is 79.9. The molecule has 1 fully saturated rings. The van der Waals surface area contributed by atoms with Crippen molar-refractivity contribution in [1.29, 1.82) is 0 Å². The molecule has 2 aromatic carbocycles. The first-order valence-electron chi connectivity index (χ1n) is 8.41. The standard InChI is InChI=1S/C20H20BrClN2O2/c1-11-8-17(12(2)7-15(11)21)23-20(26)14-9-19(25)24(10-14)18-6-4-5-16(22)13(18)3/h4-8,14H,9-10H2,1-3H3,(H,23,26)/t14-/m1/s1. The van der Waals surface area contributed by atoms with Gasteiger partial charge >= 0.3 is 0 Å². The summed E-state index contributed by atoms with van der Waals surface area (Å²) in [5.41, 5.74) is 4.42. The molecule has 26 heavy (non-hydrogen) atoms. The number of hydrogen-bond acceptors (Lipinski definition) is 2. The number of nitrogens with one attached hydrogen (secondary N) is 1. The lowest BCUT2D eigenvalue weighted by atomic mass is 10.1. The van der Waals surface area contributed by atoms with E-state index in [9.17, 15) is 9.59 Å². The molecule has 0 spiro atoms. The number of rotatable bonds is 3. The van der Waals surface area contributed by atoms with E-state index in [1.807, 2.05) is 45.0 Å². The zero-order chi connectivity index (χ0) is 19.0. The predicted octanol–water partition coefficient (Wildman–Crippen LogP) is 5.02. The fourth-order valence-electron chi connectivity index (χ4n) is 3.15. The van der Waals surface area contributed by atoms with Gasteiger partial charge in [-0.05, 0) is 61.7 Å². The molecule has 0 saturated carbocycles. The first-order chi connectivity index (χ1) is 12.3. The van der Waals surface area contributed by atoms with E-state index in [0.29, 0.717) is 11.6 Å². The number of benzene rings is 2. The van der Waals surface area contributed by atoms with Crippen molar-refractivity contribution in [3.05, 3.63) is 56.5 Å². The molecule has 1 aliphatic rings. The quantitative estimate of drug-likeness (QED) is 0.736. The summed E-state index contributed by atoms with van der Waals surface area (Å²) in [7, 11) is 0. The molecule has 2 aromatic rings. The third-order valence-corrected chi connectivity index (χ3v) is 6.05. The average Bonchev–Trinajstić information content (AvgIpc) is 2.97. The third-order valence-electron chi connectivity index (χ3n) is 4.79. The van der Waals surface area contributed by atoms with Crippen LogP contribution in [-0.4, -0.2) is 18.4 Å². The molecule has 0 aromatic heterocycles. The van der Waals surface area contributed by atoms with Gasteiger partial charge in [0.2, 0.25) is 11.8 Å². The van der Waals surface area contributed by atoms with Gasteiger partial charge in [-0.1, -0.05) is 33.6 Å². The maximum atomic E-state index is 12.7. The van der Waals surface area contributed by atoms with Crippen molar-refractivity contribution < 1.29 is 9.59 Å². The molecule has 1 saturated heterocycles. The van der Waals surface area contributed by atoms with Gasteiger partial charge in [-0.15, -0.1) is 0 Å². The van der Waals surface area contributed by atoms with Gasteiger partial charge in [0, 0.05) is 33.8 Å². The molecule has 2 amide bonds. The van der Waals surface area contributed by atoms with Gasteiger partial charge in [-0.2, -0.15) is 0 Å². The van der Waals surface area contributed by atoms with E-state index >= 15 is 0 Å². The van der Waals surface area contributed by atoms with E-state index < -0.39 is 0 Å². The van der Waals surface area contributed by atoms with Crippen LogP contribution in [0.3, 0.4) is 0 Å². The molecule has 0 aliphatic carbocycles. The predicted molar refractivity (Wildman–Crippen MR) is 109 cm³/mol. The Morgan fingerprint density at radius 2 is 1.96 bits per heavy atom. The third kappa shape index (κ3) is 3.64. The van der Waals surface area contributed by atoms with E-state index in [4.69, 9.17) is 11.6 Å². The number of halogens is 2. The zero-order valence-corrected chi connectivity index (χ0v) is 17.2. The van der Waals surface area contributed by atoms with Gasteiger partial charge in [-0.25, -0.2) is 0 Å². The molecular weight excluding hydrogens is 416 g/mol. The van der Waals surface area contributed by atoms with Crippen LogP contribution >= 0.6 is 27.5 Å². The molecular formula is C20H20BrClN2O2. The topological polar surface area (TPSA) is 49.4 Å². The van der Waals surface area contributed by atoms with E-state index in [1.54, 1.807) is 11.0 Å². The summed E-state index contributed by atoms with van der Waals surface area (Å²) in [6.07, 6.45) is 0.201. The van der Waals surface area contributed by atoms with Gasteiger partial charge in [0.1, 0.15) is 0 Å². The Morgan fingerprint density at radius 3 is 2.69 bits per heavy atom. The highest BCUT2D eigenvalue weighted by Gasteiger charge is 2.36. The Morgan fingerprint density at radius 1 is 1.23 bits per heavy atom. The minimum Gasteiger partial charge on any atom is -0.326 e. The van der Waals surface area contributed by atoms with Crippen LogP contribution in [0.5, 0.6) is 0 Å². The van der Waals surface area contributed by atoms with Gasteiger partial charge in [0.05, 0.1) is 5.92 Å². The Labute approximate surface area is 166 Å². The molecule has 136 valence electrons. The largest absolute Gasteiger partial charge is 0.326 e. The minimum absolute atomic E-state index is 0.0563. The Balaban J connectivity index is 1.77. The van der Waals surface area contributed by atoms with Crippen LogP contribution < -0.4 is 10.2 Å². The molecule has 0 unspecified atom stereocenters. The van der Waals surface area contributed by atoms with Crippen molar-refractivity contribution in [3.8, 4) is 0 Å². The smallest absolute Gasteiger partial charge is 0.229 e. The molecule has 1 heterocycles. The van der Waals surface area contributed by atoms with Crippen molar-refractivity contribution in [2.75, 3.05) is 16.8 Å². The normalized spacial score (nSPS) is 16.9. The van der Waals surface area contributed by atoms with Crippen LogP contribution in [0, 0.1) is 26.7 Å². The first kappa shape index (κ1) is 18.9. The summed E-state index contributed by atoms with van der Waals surface area (Å²) in [4.78, 5) is 26.8. The summed E-state index contributed by atoms with van der Waals surface area (Å²) < 4.78 is 1.01. The van der Waals surface area contributed by atoms with Crippen LogP contribution in [0.2, 0.25) is 5.02 Å². The molecule has 1 N–H and O–H groups in total. The Kier molecular flexibility index (Phi) is 5.39. The number of amides is 2. The van der Waals surface area contributed by atoms with Crippen LogP contribution in [0.4, 0.5) is 11.4 Å². The van der Waals surface area contributed by atoms with E-state index in [0.717, 1.165) is 32.5 Å². The Hall–Kier alpha value is -1.85. The van der Waals surface area contributed by atoms with Crippen molar-refractivity contribution >= 4 is 50.7 Å². The van der Waals surface area contributed by atoms with Crippen molar-refractivity contribution in [3.63, 3.8) is 0 Å². The van der Waals surface area contributed by atoms with E-state index in [2.05, 4.69) is 21.2 Å². The molecule has 1 atom stereocenters. The SMILES string of the molecule is Cc1cc(NC(=O)[C@@H]2CC(=O)N(c3cccc(Cl)c3C)C2)c(C)cc1Br. The lowest BCUT2D eigenvalue weighted by molar-refractivity contribution is -0.122. The maximum Gasteiger partial charge on any atom is 0.229 e. The summed E-state index contributed by atoms with van der Waals surface area (Å²) >= 11 is 9.66. The van der Waals surface area contributed by atoms with Crippen molar-refractivity contribution in [2.45, 2.75) is 27.2 Å². The molecule has 0 bridgehead atoms. The fraction of sp³-hybridized carbons (Fsp3) is 0.300. The van der Waals surface area contributed by atoms with Gasteiger partial charge in [-0.3, -0.25) is 9.59 Å². The zero-order valence-electron chi connectivity index (χ0n) is 14.9. The number of carbonyl (C=O) groups is 2. The monoisotopic (exact) mass is 434 g/mol. The molecule has 3 rings (SSSR count). The maximum absolute atomic E-state index is 12.7. The summed E-state index contributed by atoms with van der Waals surface area (Å²) in [6, 6.07) is 9.39. The van der Waals surface area contributed by atoms with Crippen LogP contribution in [-0.2, 0) is 9.59 Å². The molecule has 4 nitrogen and oxygen atoms in total. The molecule has 1 aliphatic heterocycles. The lowest BCUT2D eigenvalue weighted by Crippen LogP contribution is -2.28. The second kappa shape index (κ2) is 7.41. The Bertz CT molecular complexity index is 898. The summed E-state index contributed by atoms with van der Waals surface area (Å²) in [5, 5.41) is 3.59. The fourth-order valence-corrected chi connectivity index (χ4v) is 3.78. The number of hydrogen-bond donors (Lipinski definition) is 1. The second-order valence-corrected chi connectivity index (χ2v) is 7.96. The highest BCUT2D eigenvalue weighted by Crippen LogP contribution is 2.32. The second-order valence-electron chi connectivity index (χ2n) is 6.69. The van der Waals surface area contributed by atoms with E-state index in [1.165, 1.54) is 0 Å². The number of anilines is 2. The first-order valence-corrected chi connectivity index (χ1v) is 9.58. The molecule has 0 radical (unpaired) electrons. The van der Waals surface area contributed by atoms with Crippen molar-refractivity contribution in [1.82, 2.24) is 0 Å². The minimum atomic E-state index is -0.385. The van der Waals surface area contributed by atoms with Crippen LogP contribution in [0.1, 0.15) is 23.1 Å². The van der Waals surface area contributed by atoms with Crippen molar-refractivity contribution in [2.24, 2.45) is 5.92 Å². The van der Waals surface area contributed by atoms with Gasteiger partial charge in [0.15, 0.2) is 0 Å². The number of nitrogens with zero attached hydrogens (tertiary/aromatic N) is 1. The summed E-state index contributed by atoms with van der Waals surface area (Å²) in [6.45, 7) is 6.16. The van der Waals surface area contributed by atoms with Crippen LogP contribution in [0.25, 0.3) is 0 Å². The van der Waals surface area contributed by atoms with Gasteiger partial charge in [0.25, 0.3) is 0 Å². The average molecular weight is 436 g/mol. The number of aryl methyl sites for hydroxylation is 2. The summed E-state index contributed by atoms with van der Waals surface area (Å²) in [5.74, 6) is -0.575. The van der Waals surface area contributed by atoms with E-state index in [-0.39, 0.29) is 24.2 Å². The number of carbonyl (C=O) groups excluding carboxylic acids is 2. The molecule has 6 heteroatoms. The van der Waals surface area contributed by atoms with Gasteiger partial charge < -0.3 is 10.2 Å². The van der Waals surface area contributed by atoms with Crippen LogP contribution in [0.15, 0.2) is 34.8 Å². The highest BCUT2D eigenvalue weighted by molar-refractivity contribution is 9.10. The lowest BCUT2D eigenvalue weighted by Gasteiger charge is -2.20.